The molecule has 26 heavy (non-hydrogen) atoms. The van der Waals surface area contributed by atoms with E-state index in [1.165, 1.54) is 6.42 Å². The summed E-state index contributed by atoms with van der Waals surface area (Å²) in [6.45, 7) is 14.8. The average Bonchev–Trinajstić information content (AvgIpc) is 2.51. The van der Waals surface area contributed by atoms with Crippen LogP contribution in [0.25, 0.3) is 0 Å². The number of anilines is 1. The molecule has 5 nitrogen and oxygen atoms in total. The molecule has 1 rings (SSSR count). The summed E-state index contributed by atoms with van der Waals surface area (Å²) in [6.07, 6.45) is 1.67. The van der Waals surface area contributed by atoms with E-state index in [4.69, 9.17) is 10.5 Å². The quantitative estimate of drug-likeness (QED) is 0.652. The van der Waals surface area contributed by atoms with Gasteiger partial charge in [-0.05, 0) is 44.2 Å². The fourth-order valence-electron chi connectivity index (χ4n) is 2.56. The molecule has 5 heteroatoms. The highest BCUT2D eigenvalue weighted by Gasteiger charge is 2.11. The monoisotopic (exact) mass is 364 g/mol. The lowest BCUT2D eigenvalue weighted by Gasteiger charge is -2.13. The fourth-order valence-corrected chi connectivity index (χ4v) is 2.56. The van der Waals surface area contributed by atoms with Crippen molar-refractivity contribution < 1.29 is 14.3 Å². The van der Waals surface area contributed by atoms with Gasteiger partial charge < -0.3 is 15.8 Å². The van der Waals surface area contributed by atoms with Crippen LogP contribution in [0.3, 0.4) is 0 Å². The summed E-state index contributed by atoms with van der Waals surface area (Å²) in [5, 5.41) is 3.19. The summed E-state index contributed by atoms with van der Waals surface area (Å²) in [4.78, 5) is 22.6. The van der Waals surface area contributed by atoms with Crippen molar-refractivity contribution in [2.45, 2.75) is 74.0 Å². The molecule has 0 unspecified atom stereocenters. The average molecular weight is 365 g/mol. The van der Waals surface area contributed by atoms with Gasteiger partial charge in [-0.3, -0.25) is 9.59 Å². The lowest BCUT2D eigenvalue weighted by atomic mass is 10.0. The minimum absolute atomic E-state index is 0.0624. The summed E-state index contributed by atoms with van der Waals surface area (Å²) in [5.74, 6) is 0.912. The van der Waals surface area contributed by atoms with Crippen molar-refractivity contribution in [1.29, 1.82) is 0 Å². The number of nitrogens with one attached hydrogen (secondary N) is 1. The van der Waals surface area contributed by atoms with Gasteiger partial charge >= 0.3 is 5.97 Å². The zero-order valence-electron chi connectivity index (χ0n) is 17.4. The standard InChI is InChI=1S/C14H20N2O3.C7H16/c1-4-13(17)19-8-10-5-6-11(16-9(2)3)7-12(10)14(15)18;1-6(2)5-7(3)4/h5-7,9,16H,4,8H2,1-3H3,(H2,15,18);6-7H,5H2,1-4H3. The number of rotatable bonds is 8. The van der Waals surface area contributed by atoms with Gasteiger partial charge in [0.1, 0.15) is 6.61 Å². The molecular formula is C21H36N2O3. The predicted octanol–water partition coefficient (Wildman–Crippen LogP) is 4.75. The zero-order valence-corrected chi connectivity index (χ0v) is 17.4. The number of amides is 1. The van der Waals surface area contributed by atoms with Crippen LogP contribution < -0.4 is 11.1 Å². The lowest BCUT2D eigenvalue weighted by molar-refractivity contribution is -0.144. The Kier molecular flexibility index (Phi) is 11.4. The van der Waals surface area contributed by atoms with Crippen LogP contribution >= 0.6 is 0 Å². The maximum Gasteiger partial charge on any atom is 0.305 e. The van der Waals surface area contributed by atoms with Gasteiger partial charge in [0.25, 0.3) is 0 Å². The summed E-state index contributed by atoms with van der Waals surface area (Å²) in [6, 6.07) is 5.51. The highest BCUT2D eigenvalue weighted by atomic mass is 16.5. The Bertz CT molecular complexity index is 560. The van der Waals surface area contributed by atoms with Crippen LogP contribution in [-0.2, 0) is 16.1 Å². The molecule has 0 heterocycles. The Hall–Kier alpha value is -2.04. The first-order valence-corrected chi connectivity index (χ1v) is 9.41. The van der Waals surface area contributed by atoms with Gasteiger partial charge in [0, 0.05) is 29.3 Å². The highest BCUT2D eigenvalue weighted by molar-refractivity contribution is 5.95. The summed E-state index contributed by atoms with van der Waals surface area (Å²) >= 11 is 0. The van der Waals surface area contributed by atoms with Crippen molar-refractivity contribution >= 4 is 17.6 Å². The molecule has 0 spiro atoms. The molecule has 0 saturated heterocycles. The largest absolute Gasteiger partial charge is 0.461 e. The molecule has 1 amide bonds. The van der Waals surface area contributed by atoms with Gasteiger partial charge in [0.05, 0.1) is 0 Å². The molecule has 0 aromatic heterocycles. The first kappa shape index (κ1) is 24.0. The number of ether oxygens (including phenoxy) is 1. The predicted molar refractivity (Wildman–Crippen MR) is 108 cm³/mol. The number of carbonyl (C=O) groups excluding carboxylic acids is 2. The second kappa shape index (κ2) is 12.3. The van der Waals surface area contributed by atoms with Gasteiger partial charge in [0.15, 0.2) is 0 Å². The Labute approximate surface area is 158 Å². The molecule has 0 fully saturated rings. The molecule has 0 radical (unpaired) electrons. The van der Waals surface area contributed by atoms with Crippen LogP contribution in [0.15, 0.2) is 18.2 Å². The van der Waals surface area contributed by atoms with Gasteiger partial charge in [0.2, 0.25) is 5.91 Å². The van der Waals surface area contributed by atoms with Crippen molar-refractivity contribution in [2.75, 3.05) is 5.32 Å². The third kappa shape index (κ3) is 10.7. The Morgan fingerprint density at radius 2 is 1.65 bits per heavy atom. The maximum atomic E-state index is 11.4. The third-order valence-corrected chi connectivity index (χ3v) is 3.45. The van der Waals surface area contributed by atoms with Crippen molar-refractivity contribution in [3.05, 3.63) is 29.3 Å². The van der Waals surface area contributed by atoms with Gasteiger partial charge in [-0.15, -0.1) is 0 Å². The highest BCUT2D eigenvalue weighted by Crippen LogP contribution is 2.17. The van der Waals surface area contributed by atoms with E-state index in [9.17, 15) is 9.59 Å². The van der Waals surface area contributed by atoms with E-state index >= 15 is 0 Å². The molecule has 0 saturated carbocycles. The maximum absolute atomic E-state index is 11.4. The number of esters is 1. The number of hydrogen-bond acceptors (Lipinski definition) is 4. The van der Waals surface area contributed by atoms with Crippen LogP contribution in [0.5, 0.6) is 0 Å². The Morgan fingerprint density at radius 3 is 2.04 bits per heavy atom. The summed E-state index contributed by atoms with van der Waals surface area (Å²) < 4.78 is 5.02. The molecule has 1 aromatic rings. The van der Waals surface area contributed by atoms with Crippen LogP contribution in [0.4, 0.5) is 5.69 Å². The van der Waals surface area contributed by atoms with Crippen molar-refractivity contribution in [3.8, 4) is 0 Å². The zero-order chi connectivity index (χ0) is 20.3. The first-order valence-electron chi connectivity index (χ1n) is 9.41. The van der Waals surface area contributed by atoms with E-state index in [-0.39, 0.29) is 18.6 Å². The Morgan fingerprint density at radius 1 is 1.08 bits per heavy atom. The van der Waals surface area contributed by atoms with E-state index in [1.807, 2.05) is 19.9 Å². The second-order valence-corrected chi connectivity index (χ2v) is 7.57. The van der Waals surface area contributed by atoms with E-state index in [1.54, 1.807) is 19.1 Å². The molecule has 0 bridgehead atoms. The van der Waals surface area contributed by atoms with Crippen molar-refractivity contribution in [3.63, 3.8) is 0 Å². The van der Waals surface area contributed by atoms with E-state index in [2.05, 4.69) is 33.0 Å². The van der Waals surface area contributed by atoms with Crippen molar-refractivity contribution in [2.24, 2.45) is 17.6 Å². The molecule has 0 aliphatic heterocycles. The second-order valence-electron chi connectivity index (χ2n) is 7.57. The number of primary amides is 1. The topological polar surface area (TPSA) is 81.4 Å². The van der Waals surface area contributed by atoms with Gasteiger partial charge in [-0.2, -0.15) is 0 Å². The molecular weight excluding hydrogens is 328 g/mol. The molecule has 0 atom stereocenters. The normalized spacial score (nSPS) is 10.5. The first-order chi connectivity index (χ1) is 12.1. The molecule has 1 aromatic carbocycles. The minimum Gasteiger partial charge on any atom is -0.461 e. The number of carbonyl (C=O) groups is 2. The summed E-state index contributed by atoms with van der Waals surface area (Å²) in [5.41, 5.74) is 7.14. The Balaban J connectivity index is 0.000000758. The fraction of sp³-hybridized carbons (Fsp3) is 0.619. The summed E-state index contributed by atoms with van der Waals surface area (Å²) in [7, 11) is 0. The van der Waals surface area contributed by atoms with Gasteiger partial charge in [-0.25, -0.2) is 0 Å². The molecule has 3 N–H and O–H groups in total. The SMILES string of the molecule is CC(C)CC(C)C.CCC(=O)OCc1ccc(NC(C)C)cc1C(N)=O. The molecule has 148 valence electrons. The van der Waals surface area contributed by atoms with E-state index < -0.39 is 5.91 Å². The number of benzene rings is 1. The van der Waals surface area contributed by atoms with Crippen molar-refractivity contribution in [1.82, 2.24) is 0 Å². The lowest BCUT2D eigenvalue weighted by Crippen LogP contribution is -2.17. The van der Waals surface area contributed by atoms with Crippen LogP contribution in [0, 0.1) is 11.8 Å². The van der Waals surface area contributed by atoms with Crippen LogP contribution in [-0.4, -0.2) is 17.9 Å². The number of nitrogens with two attached hydrogens (primary N) is 1. The van der Waals surface area contributed by atoms with E-state index in [0.29, 0.717) is 17.5 Å². The van der Waals surface area contributed by atoms with Crippen LogP contribution in [0.2, 0.25) is 0 Å². The molecule has 0 aliphatic carbocycles. The van der Waals surface area contributed by atoms with Crippen LogP contribution in [0.1, 0.15) is 77.2 Å². The third-order valence-electron chi connectivity index (χ3n) is 3.45. The number of hydrogen-bond donors (Lipinski definition) is 2. The van der Waals surface area contributed by atoms with Gasteiger partial charge in [-0.1, -0.05) is 40.7 Å². The van der Waals surface area contributed by atoms with E-state index in [0.717, 1.165) is 17.5 Å². The smallest absolute Gasteiger partial charge is 0.305 e. The minimum atomic E-state index is -0.532. The molecule has 0 aliphatic rings.